The Balaban J connectivity index is 1.80. The van der Waals surface area contributed by atoms with Crippen molar-refractivity contribution in [3.05, 3.63) is 70.5 Å². The maximum Gasteiger partial charge on any atom is 0.338 e. The molecule has 0 saturated carbocycles. The number of carbonyl (C=O) groups is 5. The van der Waals surface area contributed by atoms with Crippen molar-refractivity contribution in [3.63, 3.8) is 0 Å². The molecule has 34 heavy (non-hydrogen) atoms. The quantitative estimate of drug-likeness (QED) is 0.187. The molecule has 3 N–H and O–H groups in total. The topological polar surface area (TPSA) is 154 Å². The van der Waals surface area contributed by atoms with Gasteiger partial charge < -0.3 is 20.6 Å². The first-order valence-electron chi connectivity index (χ1n) is 10.1. The van der Waals surface area contributed by atoms with Crippen LogP contribution in [-0.4, -0.2) is 46.9 Å². The molecule has 3 amide bonds. The van der Waals surface area contributed by atoms with Gasteiger partial charge in [-0.2, -0.15) is 0 Å². The highest BCUT2D eigenvalue weighted by atomic mass is 16.5. The lowest BCUT2D eigenvalue weighted by atomic mass is 10.1. The van der Waals surface area contributed by atoms with Crippen LogP contribution in [0, 0.1) is 5.41 Å². The van der Waals surface area contributed by atoms with Gasteiger partial charge in [-0.05, 0) is 56.3 Å². The fourth-order valence-corrected chi connectivity index (χ4v) is 3.47. The first-order chi connectivity index (χ1) is 16.0. The van der Waals surface area contributed by atoms with Crippen LogP contribution in [0.3, 0.4) is 0 Å². The second kappa shape index (κ2) is 9.49. The zero-order chi connectivity index (χ0) is 25.2. The molecule has 1 aliphatic heterocycles. The highest BCUT2D eigenvalue weighted by Crippen LogP contribution is 2.30. The second-order valence-electron chi connectivity index (χ2n) is 7.51. The number of carbonyl (C=O) groups excluding carboxylic acids is 5. The van der Waals surface area contributed by atoms with Gasteiger partial charge in [0.15, 0.2) is 5.78 Å². The highest BCUT2D eigenvalue weighted by Gasteiger charge is 2.37. The van der Waals surface area contributed by atoms with Gasteiger partial charge in [0.1, 0.15) is 12.4 Å². The minimum Gasteiger partial charge on any atom is -0.508 e. The van der Waals surface area contributed by atoms with E-state index in [1.807, 2.05) is 0 Å². The van der Waals surface area contributed by atoms with E-state index in [1.165, 1.54) is 51.1 Å². The van der Waals surface area contributed by atoms with E-state index in [-0.39, 0.29) is 33.9 Å². The molecule has 0 saturated heterocycles. The lowest BCUT2D eigenvalue weighted by Gasteiger charge is -2.14. The molecule has 2 aromatic rings. The zero-order valence-electron chi connectivity index (χ0n) is 18.6. The van der Waals surface area contributed by atoms with Gasteiger partial charge in [-0.25, -0.2) is 9.69 Å². The van der Waals surface area contributed by atoms with Gasteiger partial charge in [-0.1, -0.05) is 0 Å². The average Bonchev–Trinajstić information content (AvgIpc) is 3.01. The van der Waals surface area contributed by atoms with Crippen molar-refractivity contribution >= 4 is 46.6 Å². The number of esters is 1. The summed E-state index contributed by atoms with van der Waals surface area (Å²) in [6.07, 6.45) is 0. The molecular weight excluding hydrogens is 442 g/mol. The molecule has 0 radical (unpaired) electrons. The molecule has 3 rings (SSSR count). The number of ether oxygens (including phenoxy) is 1. The number of ketones is 1. The second-order valence-corrected chi connectivity index (χ2v) is 7.51. The molecule has 174 valence electrons. The summed E-state index contributed by atoms with van der Waals surface area (Å²) in [5.74, 6) is -3.47. The molecule has 10 nitrogen and oxygen atoms in total. The Hall–Kier alpha value is -4.60. The normalized spacial score (nSPS) is 13.2. The number of amides is 3. The standard InChI is InChI=1S/C24H21N3O7/c1-12(25)21(13(2)28)20(30)11-34-24(33)15-4-9-18-19(10-15)23(32)27(22(18)31)17-7-5-16(6-8-17)26-14(3)29/h4-10,25,30H,11H2,1-3H3,(H,26,29)/b21-20-,25-12?. The molecule has 0 bridgehead atoms. The van der Waals surface area contributed by atoms with Crippen LogP contribution in [0.1, 0.15) is 51.8 Å². The van der Waals surface area contributed by atoms with Crippen LogP contribution >= 0.6 is 0 Å². The Morgan fingerprint density at radius 2 is 1.59 bits per heavy atom. The van der Waals surface area contributed by atoms with Gasteiger partial charge in [0, 0.05) is 18.3 Å². The number of nitrogens with zero attached hydrogens (tertiary/aromatic N) is 1. The van der Waals surface area contributed by atoms with Crippen molar-refractivity contribution in [1.29, 1.82) is 5.41 Å². The number of anilines is 2. The fraction of sp³-hybridized carbons (Fsp3) is 0.167. The highest BCUT2D eigenvalue weighted by molar-refractivity contribution is 6.34. The first-order valence-corrected chi connectivity index (χ1v) is 10.1. The van der Waals surface area contributed by atoms with Gasteiger partial charge in [0.2, 0.25) is 5.91 Å². The van der Waals surface area contributed by atoms with E-state index >= 15 is 0 Å². The van der Waals surface area contributed by atoms with Crippen molar-refractivity contribution < 1.29 is 33.8 Å². The van der Waals surface area contributed by atoms with Crippen molar-refractivity contribution in [3.8, 4) is 0 Å². The Labute approximate surface area is 194 Å². The van der Waals surface area contributed by atoms with Crippen LogP contribution in [0.2, 0.25) is 0 Å². The van der Waals surface area contributed by atoms with Gasteiger partial charge in [0.05, 0.1) is 28.0 Å². The van der Waals surface area contributed by atoms with Crippen LogP contribution < -0.4 is 10.2 Å². The molecule has 0 spiro atoms. The predicted molar refractivity (Wildman–Crippen MR) is 122 cm³/mol. The number of nitrogens with one attached hydrogen (secondary N) is 2. The van der Waals surface area contributed by atoms with Gasteiger partial charge in [0.25, 0.3) is 11.8 Å². The summed E-state index contributed by atoms with van der Waals surface area (Å²) < 4.78 is 5.01. The third-order valence-corrected chi connectivity index (χ3v) is 4.92. The number of allylic oxidation sites excluding steroid dienone is 1. The smallest absolute Gasteiger partial charge is 0.338 e. The minimum atomic E-state index is -0.891. The summed E-state index contributed by atoms with van der Waals surface area (Å²) in [6.45, 7) is 3.21. The maximum atomic E-state index is 12.9. The van der Waals surface area contributed by atoms with Crippen LogP contribution in [0.4, 0.5) is 11.4 Å². The van der Waals surface area contributed by atoms with Crippen LogP contribution in [-0.2, 0) is 14.3 Å². The van der Waals surface area contributed by atoms with Crippen LogP contribution in [0.15, 0.2) is 53.8 Å². The number of imide groups is 1. The average molecular weight is 463 g/mol. The van der Waals surface area contributed by atoms with Crippen molar-refractivity contribution in [2.24, 2.45) is 0 Å². The minimum absolute atomic E-state index is 0.00455. The molecule has 2 aromatic carbocycles. The Kier molecular flexibility index (Phi) is 6.71. The van der Waals surface area contributed by atoms with Gasteiger partial charge >= 0.3 is 5.97 Å². The van der Waals surface area contributed by atoms with Crippen molar-refractivity contribution in [2.75, 3.05) is 16.8 Å². The molecule has 0 unspecified atom stereocenters. The number of Topliss-reactive ketones (excluding diaryl/α,β-unsaturated/α-hetero) is 1. The largest absolute Gasteiger partial charge is 0.508 e. The van der Waals surface area contributed by atoms with Crippen molar-refractivity contribution in [2.45, 2.75) is 20.8 Å². The third-order valence-electron chi connectivity index (χ3n) is 4.92. The van der Waals surface area contributed by atoms with E-state index in [2.05, 4.69) is 5.32 Å². The fourth-order valence-electron chi connectivity index (χ4n) is 3.47. The molecule has 10 heteroatoms. The molecule has 0 aliphatic carbocycles. The van der Waals surface area contributed by atoms with E-state index in [9.17, 15) is 29.1 Å². The van der Waals surface area contributed by atoms with Crippen LogP contribution in [0.5, 0.6) is 0 Å². The molecule has 1 heterocycles. The molecule has 0 atom stereocenters. The SMILES string of the molecule is CC(=N)/C(C(C)=O)=C(/O)COC(=O)c1ccc2c(c1)C(=O)N(c1ccc(NC(C)=O)cc1)C2=O. The summed E-state index contributed by atoms with van der Waals surface area (Å²) in [7, 11) is 0. The first kappa shape index (κ1) is 24.1. The van der Waals surface area contributed by atoms with Gasteiger partial charge in [-0.3, -0.25) is 19.2 Å². The number of rotatable bonds is 7. The van der Waals surface area contributed by atoms with E-state index < -0.39 is 35.9 Å². The molecule has 0 fully saturated rings. The third kappa shape index (κ3) is 4.75. The Morgan fingerprint density at radius 3 is 2.15 bits per heavy atom. The number of fused-ring (bicyclic) bond motifs is 1. The van der Waals surface area contributed by atoms with E-state index in [0.717, 1.165) is 4.90 Å². The number of hydrogen-bond acceptors (Lipinski definition) is 8. The lowest BCUT2D eigenvalue weighted by Crippen LogP contribution is -2.29. The summed E-state index contributed by atoms with van der Waals surface area (Å²) in [5, 5.41) is 20.2. The number of aliphatic hydroxyl groups excluding tert-OH is 1. The zero-order valence-corrected chi connectivity index (χ0v) is 18.6. The predicted octanol–water partition coefficient (Wildman–Crippen LogP) is 3.04. The lowest BCUT2D eigenvalue weighted by molar-refractivity contribution is -0.114. The summed E-state index contributed by atoms with van der Waals surface area (Å²) >= 11 is 0. The van der Waals surface area contributed by atoms with E-state index in [4.69, 9.17) is 10.1 Å². The summed E-state index contributed by atoms with van der Waals surface area (Å²) in [5.41, 5.74) is 0.445. The number of hydrogen-bond donors (Lipinski definition) is 3. The maximum absolute atomic E-state index is 12.9. The Bertz CT molecular complexity index is 1260. The molecule has 0 aromatic heterocycles. The molecule has 1 aliphatic rings. The Morgan fingerprint density at radius 1 is 0.971 bits per heavy atom. The van der Waals surface area contributed by atoms with E-state index in [0.29, 0.717) is 11.4 Å². The number of aliphatic hydroxyl groups is 1. The van der Waals surface area contributed by atoms with E-state index in [1.54, 1.807) is 12.1 Å². The van der Waals surface area contributed by atoms with Gasteiger partial charge in [-0.15, -0.1) is 0 Å². The van der Waals surface area contributed by atoms with Crippen molar-refractivity contribution in [1.82, 2.24) is 0 Å². The molecular formula is C24H21N3O7. The summed E-state index contributed by atoms with van der Waals surface area (Å²) in [4.78, 5) is 61.8. The summed E-state index contributed by atoms with van der Waals surface area (Å²) in [6, 6.07) is 9.98. The monoisotopic (exact) mass is 463 g/mol. The van der Waals surface area contributed by atoms with Crippen LogP contribution in [0.25, 0.3) is 0 Å². The number of benzene rings is 2.